The van der Waals surface area contributed by atoms with Crippen LogP contribution in [-0.2, 0) is 9.30 Å². The van der Waals surface area contributed by atoms with E-state index in [-0.39, 0.29) is 18.2 Å². The third-order valence-corrected chi connectivity index (χ3v) is 7.31. The van der Waals surface area contributed by atoms with Crippen LogP contribution in [0.15, 0.2) is 18.2 Å². The number of hydrogen-bond donors (Lipinski definition) is 0. The van der Waals surface area contributed by atoms with Crippen LogP contribution in [0.3, 0.4) is 0 Å². The monoisotopic (exact) mass is 440 g/mol. The fraction of sp³-hybridized carbons (Fsp3) is 0.708. The molecule has 0 radical (unpaired) electrons. The van der Waals surface area contributed by atoms with Crippen LogP contribution in [-0.4, -0.2) is 25.3 Å². The van der Waals surface area contributed by atoms with Gasteiger partial charge < -0.3 is 18.8 Å². The Morgan fingerprint density at radius 2 is 1.87 bits per heavy atom. The molecule has 4 atom stereocenters. The van der Waals surface area contributed by atoms with Gasteiger partial charge >= 0.3 is 6.16 Å². The van der Waals surface area contributed by atoms with Gasteiger partial charge in [-0.2, -0.15) is 0 Å². The molecule has 0 aromatic heterocycles. The third-order valence-electron chi connectivity index (χ3n) is 5.30. The van der Waals surface area contributed by atoms with E-state index < -0.39 is 13.3 Å². The minimum atomic E-state index is -2.66. The number of fused-ring (bicyclic) bond motifs is 1. The number of carbonyl (C=O) groups is 1. The highest BCUT2D eigenvalue weighted by Crippen LogP contribution is 2.51. The number of hydrogen-bond acceptors (Lipinski definition) is 5. The van der Waals surface area contributed by atoms with Gasteiger partial charge in [-0.1, -0.05) is 67.4 Å². The molecule has 2 aliphatic rings. The number of ether oxygens (including phenoxy) is 3. The summed E-state index contributed by atoms with van der Waals surface area (Å²) in [4.78, 5) is 12.4. The predicted octanol–water partition coefficient (Wildman–Crippen LogP) is 7.07. The molecule has 1 fully saturated rings. The molecule has 0 saturated heterocycles. The zero-order valence-electron chi connectivity index (χ0n) is 20.1. The smallest absolute Gasteiger partial charge is 0.485 e. The second kappa shape index (κ2) is 12.4. The van der Waals surface area contributed by atoms with Gasteiger partial charge in [0, 0.05) is 0 Å². The van der Waals surface area contributed by atoms with Crippen LogP contribution in [0, 0.1) is 17.8 Å². The molecule has 1 heterocycles. The number of carbonyl (C=O) groups excluding carboxylic acids is 1. The fourth-order valence-corrected chi connectivity index (χ4v) is 5.62. The van der Waals surface area contributed by atoms with Crippen LogP contribution >= 0.6 is 7.14 Å². The molecular weight excluding hydrogens is 399 g/mol. The van der Waals surface area contributed by atoms with Gasteiger partial charge in [-0.15, -0.1) is 0 Å². The van der Waals surface area contributed by atoms with Crippen molar-refractivity contribution < 1.29 is 23.6 Å². The molecule has 5 nitrogen and oxygen atoms in total. The van der Waals surface area contributed by atoms with Crippen molar-refractivity contribution in [2.45, 2.75) is 80.3 Å². The molecule has 1 aromatic carbocycles. The maximum atomic E-state index is 12.7. The van der Waals surface area contributed by atoms with Crippen molar-refractivity contribution >= 4 is 18.6 Å². The lowest BCUT2D eigenvalue weighted by atomic mass is 9.75. The Balaban J connectivity index is 0.000000826. The minimum Gasteiger partial charge on any atom is -0.485 e. The second-order valence-corrected chi connectivity index (χ2v) is 11.4. The summed E-state index contributed by atoms with van der Waals surface area (Å²) in [5.41, 5.74) is 0. The molecule has 0 amide bonds. The Bertz CT molecular complexity index is 716. The van der Waals surface area contributed by atoms with E-state index in [1.807, 2.05) is 13.8 Å². The summed E-state index contributed by atoms with van der Waals surface area (Å²) in [6.07, 6.45) is 3.64. The van der Waals surface area contributed by atoms with Crippen LogP contribution < -0.4 is 14.8 Å². The first-order chi connectivity index (χ1) is 14.2. The summed E-state index contributed by atoms with van der Waals surface area (Å²) in [5.74, 6) is 2.16. The van der Waals surface area contributed by atoms with Crippen LogP contribution in [0.2, 0.25) is 0 Å². The molecule has 1 aromatic rings. The van der Waals surface area contributed by atoms with E-state index in [4.69, 9.17) is 14.2 Å². The Kier molecular flexibility index (Phi) is 11.0. The SMILES string of the molecule is CC.CC(C)[C@H]1CC[C@H](C)C[C@@H]1OC(=O)Oc1cccc2c1[P@@](C)(=O)CO2.CCC. The van der Waals surface area contributed by atoms with E-state index in [1.54, 1.807) is 24.9 Å². The largest absolute Gasteiger partial charge is 0.514 e. The summed E-state index contributed by atoms with van der Waals surface area (Å²) in [5, 5.41) is 0.504. The zero-order valence-corrected chi connectivity index (χ0v) is 21.0. The lowest BCUT2D eigenvalue weighted by Gasteiger charge is -2.36. The number of rotatable bonds is 3. The summed E-state index contributed by atoms with van der Waals surface area (Å²) in [6.45, 7) is 16.4. The van der Waals surface area contributed by atoms with Gasteiger partial charge in [-0.05, 0) is 49.4 Å². The highest BCUT2D eigenvalue weighted by molar-refractivity contribution is 7.71. The highest BCUT2D eigenvalue weighted by Gasteiger charge is 2.37. The molecule has 6 heteroatoms. The van der Waals surface area contributed by atoms with Crippen molar-refractivity contribution in [3.8, 4) is 11.5 Å². The van der Waals surface area contributed by atoms with Gasteiger partial charge in [0.25, 0.3) is 0 Å². The first-order valence-corrected chi connectivity index (χ1v) is 13.7. The van der Waals surface area contributed by atoms with Crippen LogP contribution in [0.5, 0.6) is 11.5 Å². The van der Waals surface area contributed by atoms with Gasteiger partial charge in [0.2, 0.25) is 0 Å². The van der Waals surface area contributed by atoms with Crippen molar-refractivity contribution in [3.05, 3.63) is 18.2 Å². The maximum absolute atomic E-state index is 12.7. The average Bonchev–Trinajstić information content (AvgIpc) is 3.00. The van der Waals surface area contributed by atoms with E-state index in [2.05, 4.69) is 34.6 Å². The van der Waals surface area contributed by atoms with E-state index in [0.29, 0.717) is 28.8 Å². The molecule has 0 spiro atoms. The summed E-state index contributed by atoms with van der Waals surface area (Å²) in [7, 11) is -2.66. The number of benzene rings is 1. The van der Waals surface area contributed by atoms with Crippen molar-refractivity contribution in [1.29, 1.82) is 0 Å². The quantitative estimate of drug-likeness (QED) is 0.286. The van der Waals surface area contributed by atoms with Gasteiger partial charge in [0.15, 0.2) is 7.14 Å². The van der Waals surface area contributed by atoms with Crippen molar-refractivity contribution in [2.75, 3.05) is 13.0 Å². The van der Waals surface area contributed by atoms with Gasteiger partial charge in [0.05, 0.1) is 5.30 Å². The summed E-state index contributed by atoms with van der Waals surface area (Å²) in [6, 6.07) is 5.12. The first kappa shape index (κ1) is 26.6. The van der Waals surface area contributed by atoms with Gasteiger partial charge in [-0.3, -0.25) is 0 Å². The molecule has 1 aliphatic carbocycles. The third kappa shape index (κ3) is 7.04. The average molecular weight is 441 g/mol. The molecule has 3 rings (SSSR count). The van der Waals surface area contributed by atoms with E-state index in [1.165, 1.54) is 12.8 Å². The Morgan fingerprint density at radius 3 is 2.47 bits per heavy atom. The minimum absolute atomic E-state index is 0.127. The topological polar surface area (TPSA) is 61.8 Å². The molecule has 1 saturated carbocycles. The van der Waals surface area contributed by atoms with Crippen molar-refractivity contribution in [1.82, 2.24) is 0 Å². The molecular formula is C24H41O5P. The zero-order chi connectivity index (χ0) is 22.9. The lowest BCUT2D eigenvalue weighted by molar-refractivity contribution is -0.0135. The fourth-order valence-electron chi connectivity index (χ4n) is 3.91. The molecule has 172 valence electrons. The van der Waals surface area contributed by atoms with Gasteiger partial charge in [0.1, 0.15) is 24.0 Å². The molecule has 0 unspecified atom stereocenters. The standard InChI is InChI=1S/C19H27O5P.C3H8.C2H6/c1-12(2)14-9-8-13(3)10-17(14)24-19(20)23-16-7-5-6-15-18(16)25(4,21)11-22-15;1-3-2;1-2/h5-7,12-14,17H,8-11H2,1-4H3;3H2,1-2H3;1-2H3/t13-,14+,17-,25-;;/m0../s1. The Hall–Kier alpha value is -1.48. The molecule has 30 heavy (non-hydrogen) atoms. The maximum Gasteiger partial charge on any atom is 0.514 e. The lowest BCUT2D eigenvalue weighted by Crippen LogP contribution is -2.36. The highest BCUT2D eigenvalue weighted by atomic mass is 31.2. The van der Waals surface area contributed by atoms with Crippen molar-refractivity contribution in [2.24, 2.45) is 17.8 Å². The molecule has 0 N–H and O–H groups in total. The molecule has 0 bridgehead atoms. The van der Waals surface area contributed by atoms with Crippen LogP contribution in [0.1, 0.15) is 74.1 Å². The van der Waals surface area contributed by atoms with E-state index in [0.717, 1.165) is 12.8 Å². The van der Waals surface area contributed by atoms with Gasteiger partial charge in [-0.25, -0.2) is 4.79 Å². The normalized spacial score (nSPS) is 26.9. The Labute approximate surface area is 183 Å². The van der Waals surface area contributed by atoms with E-state index in [9.17, 15) is 9.36 Å². The predicted molar refractivity (Wildman–Crippen MR) is 125 cm³/mol. The first-order valence-electron chi connectivity index (χ1n) is 11.4. The summed E-state index contributed by atoms with van der Waals surface area (Å²) >= 11 is 0. The van der Waals surface area contributed by atoms with Crippen molar-refractivity contribution in [3.63, 3.8) is 0 Å². The van der Waals surface area contributed by atoms with Crippen LogP contribution in [0.25, 0.3) is 0 Å². The second-order valence-electron chi connectivity index (χ2n) is 8.52. The summed E-state index contributed by atoms with van der Waals surface area (Å²) < 4.78 is 29.2. The molecule has 1 aliphatic heterocycles. The Morgan fingerprint density at radius 1 is 1.23 bits per heavy atom. The van der Waals surface area contributed by atoms with Crippen LogP contribution in [0.4, 0.5) is 4.79 Å². The van der Waals surface area contributed by atoms with E-state index >= 15 is 0 Å².